The molecule has 19 heavy (non-hydrogen) atoms. The molecule has 0 aliphatic carbocycles. The van der Waals surface area contributed by atoms with Crippen LogP contribution >= 0.6 is 0 Å². The van der Waals surface area contributed by atoms with Crippen molar-refractivity contribution < 1.29 is 19.4 Å². The lowest BCUT2D eigenvalue weighted by Crippen LogP contribution is -2.41. The number of ether oxygens (including phenoxy) is 1. The molecule has 0 radical (unpaired) electrons. The molecular formula is C14H25NO4. The summed E-state index contributed by atoms with van der Waals surface area (Å²) in [6, 6.07) is 0. The van der Waals surface area contributed by atoms with Crippen molar-refractivity contribution in [3.05, 3.63) is 0 Å². The van der Waals surface area contributed by atoms with E-state index >= 15 is 0 Å². The van der Waals surface area contributed by atoms with Gasteiger partial charge < -0.3 is 15.2 Å². The average Bonchev–Trinajstić information content (AvgIpc) is 2.38. The van der Waals surface area contributed by atoms with Gasteiger partial charge in [0.05, 0.1) is 5.92 Å². The molecule has 0 saturated carbocycles. The predicted molar refractivity (Wildman–Crippen MR) is 71.7 cm³/mol. The highest BCUT2D eigenvalue weighted by atomic mass is 16.5. The van der Waals surface area contributed by atoms with Gasteiger partial charge in [-0.2, -0.15) is 0 Å². The van der Waals surface area contributed by atoms with Crippen LogP contribution in [0.3, 0.4) is 0 Å². The van der Waals surface area contributed by atoms with E-state index in [2.05, 4.69) is 5.32 Å². The molecule has 1 amide bonds. The van der Waals surface area contributed by atoms with Gasteiger partial charge in [0.25, 0.3) is 0 Å². The summed E-state index contributed by atoms with van der Waals surface area (Å²) >= 11 is 0. The maximum absolute atomic E-state index is 11.9. The molecule has 1 rings (SSSR count). The fourth-order valence-corrected chi connectivity index (χ4v) is 2.25. The van der Waals surface area contributed by atoms with Gasteiger partial charge in [-0.3, -0.25) is 9.59 Å². The molecule has 2 N–H and O–H groups in total. The Bertz CT molecular complexity index is 311. The van der Waals surface area contributed by atoms with Gasteiger partial charge in [0, 0.05) is 25.7 Å². The highest BCUT2D eigenvalue weighted by Gasteiger charge is 2.30. The third-order valence-corrected chi connectivity index (χ3v) is 4.06. The van der Waals surface area contributed by atoms with E-state index in [4.69, 9.17) is 4.74 Å². The second-order valence-electron chi connectivity index (χ2n) is 5.67. The molecule has 1 heterocycles. The molecule has 2 atom stereocenters. The summed E-state index contributed by atoms with van der Waals surface area (Å²) in [5.74, 6) is -1.14. The summed E-state index contributed by atoms with van der Waals surface area (Å²) in [6.45, 7) is 7.28. The third-order valence-electron chi connectivity index (χ3n) is 4.06. The van der Waals surface area contributed by atoms with E-state index in [1.807, 2.05) is 20.8 Å². The van der Waals surface area contributed by atoms with Gasteiger partial charge in [0.1, 0.15) is 0 Å². The lowest BCUT2D eigenvalue weighted by Gasteiger charge is -2.28. The van der Waals surface area contributed by atoms with Crippen LogP contribution in [-0.4, -0.2) is 36.7 Å². The molecule has 2 unspecified atom stereocenters. The first kappa shape index (κ1) is 16.0. The Labute approximate surface area is 114 Å². The van der Waals surface area contributed by atoms with Crippen molar-refractivity contribution in [2.75, 3.05) is 19.8 Å². The van der Waals surface area contributed by atoms with E-state index in [0.717, 1.165) is 12.8 Å². The Balaban J connectivity index is 2.50. The summed E-state index contributed by atoms with van der Waals surface area (Å²) < 4.78 is 5.24. The van der Waals surface area contributed by atoms with Crippen LogP contribution in [0.1, 0.15) is 33.6 Å². The van der Waals surface area contributed by atoms with Crippen LogP contribution < -0.4 is 5.32 Å². The zero-order valence-electron chi connectivity index (χ0n) is 12.0. The number of aliphatic carboxylic acids is 1. The third kappa shape index (κ3) is 4.82. The van der Waals surface area contributed by atoms with Gasteiger partial charge in [-0.15, -0.1) is 0 Å². The summed E-state index contributed by atoms with van der Waals surface area (Å²) in [5.41, 5.74) is 0. The highest BCUT2D eigenvalue weighted by Crippen LogP contribution is 2.24. The molecule has 0 bridgehead atoms. The Morgan fingerprint density at radius 3 is 2.32 bits per heavy atom. The number of nitrogens with one attached hydrogen (secondary N) is 1. The SMILES string of the molecule is CC(C)C(C)C(=O)NCC(C(=O)O)C1CCOCC1. The van der Waals surface area contributed by atoms with Crippen molar-refractivity contribution in [2.45, 2.75) is 33.6 Å². The topological polar surface area (TPSA) is 75.6 Å². The van der Waals surface area contributed by atoms with Crippen molar-refractivity contribution in [1.82, 2.24) is 5.32 Å². The van der Waals surface area contributed by atoms with Gasteiger partial charge in [0.15, 0.2) is 0 Å². The first-order valence-corrected chi connectivity index (χ1v) is 7.01. The van der Waals surface area contributed by atoms with Crippen LogP contribution in [0.5, 0.6) is 0 Å². The number of carbonyl (C=O) groups is 2. The fourth-order valence-electron chi connectivity index (χ4n) is 2.25. The second-order valence-corrected chi connectivity index (χ2v) is 5.67. The molecule has 5 nitrogen and oxygen atoms in total. The monoisotopic (exact) mass is 271 g/mol. The zero-order valence-corrected chi connectivity index (χ0v) is 12.0. The lowest BCUT2D eigenvalue weighted by atomic mass is 9.85. The Hall–Kier alpha value is -1.10. The van der Waals surface area contributed by atoms with Gasteiger partial charge in [-0.1, -0.05) is 20.8 Å². The van der Waals surface area contributed by atoms with E-state index in [9.17, 15) is 14.7 Å². The number of carbonyl (C=O) groups excluding carboxylic acids is 1. The Kier molecular flexibility index (Phi) is 6.28. The first-order valence-electron chi connectivity index (χ1n) is 7.01. The van der Waals surface area contributed by atoms with Crippen LogP contribution in [0.4, 0.5) is 0 Å². The Morgan fingerprint density at radius 1 is 1.26 bits per heavy atom. The van der Waals surface area contributed by atoms with Crippen LogP contribution in [-0.2, 0) is 14.3 Å². The van der Waals surface area contributed by atoms with Crippen molar-refractivity contribution in [1.29, 1.82) is 0 Å². The van der Waals surface area contributed by atoms with Gasteiger partial charge in [0.2, 0.25) is 5.91 Å². The normalized spacial score (nSPS) is 20.0. The van der Waals surface area contributed by atoms with E-state index in [1.54, 1.807) is 0 Å². The number of hydrogen-bond donors (Lipinski definition) is 2. The number of hydrogen-bond acceptors (Lipinski definition) is 3. The van der Waals surface area contributed by atoms with E-state index in [0.29, 0.717) is 13.2 Å². The van der Waals surface area contributed by atoms with Crippen molar-refractivity contribution in [3.8, 4) is 0 Å². The van der Waals surface area contributed by atoms with Crippen LogP contribution in [0, 0.1) is 23.7 Å². The lowest BCUT2D eigenvalue weighted by molar-refractivity contribution is -0.145. The average molecular weight is 271 g/mol. The van der Waals surface area contributed by atoms with Crippen LogP contribution in [0.15, 0.2) is 0 Å². The van der Waals surface area contributed by atoms with Crippen LogP contribution in [0.25, 0.3) is 0 Å². The smallest absolute Gasteiger partial charge is 0.308 e. The summed E-state index contributed by atoms with van der Waals surface area (Å²) in [6.07, 6.45) is 1.51. The summed E-state index contributed by atoms with van der Waals surface area (Å²) in [7, 11) is 0. The van der Waals surface area contributed by atoms with Gasteiger partial charge >= 0.3 is 5.97 Å². The molecule has 1 saturated heterocycles. The molecule has 0 aromatic rings. The minimum absolute atomic E-state index is 0.0618. The molecule has 1 fully saturated rings. The standard InChI is InChI=1S/C14H25NO4/c1-9(2)10(3)13(16)15-8-12(14(17)18)11-4-6-19-7-5-11/h9-12H,4-8H2,1-3H3,(H,15,16)(H,17,18). The zero-order chi connectivity index (χ0) is 14.4. The van der Waals surface area contributed by atoms with Gasteiger partial charge in [-0.05, 0) is 24.7 Å². The second kappa shape index (κ2) is 7.48. The fraction of sp³-hybridized carbons (Fsp3) is 0.857. The van der Waals surface area contributed by atoms with E-state index in [-0.39, 0.29) is 30.2 Å². The number of rotatable bonds is 6. The summed E-state index contributed by atoms with van der Waals surface area (Å²) in [4.78, 5) is 23.2. The van der Waals surface area contributed by atoms with Crippen molar-refractivity contribution in [2.24, 2.45) is 23.7 Å². The van der Waals surface area contributed by atoms with Crippen molar-refractivity contribution in [3.63, 3.8) is 0 Å². The predicted octanol–water partition coefficient (Wildman–Crippen LogP) is 1.52. The van der Waals surface area contributed by atoms with Crippen molar-refractivity contribution >= 4 is 11.9 Å². The molecule has 0 spiro atoms. The maximum Gasteiger partial charge on any atom is 0.308 e. The quantitative estimate of drug-likeness (QED) is 0.768. The Morgan fingerprint density at radius 2 is 1.84 bits per heavy atom. The minimum atomic E-state index is -0.829. The number of carboxylic acids is 1. The molecule has 0 aromatic carbocycles. The van der Waals surface area contributed by atoms with E-state index in [1.165, 1.54) is 0 Å². The largest absolute Gasteiger partial charge is 0.481 e. The molecule has 110 valence electrons. The number of carboxylic acid groups (broad SMARTS) is 1. The molecular weight excluding hydrogens is 246 g/mol. The van der Waals surface area contributed by atoms with E-state index < -0.39 is 11.9 Å². The van der Waals surface area contributed by atoms with Crippen LogP contribution in [0.2, 0.25) is 0 Å². The molecule has 0 aromatic heterocycles. The number of amides is 1. The summed E-state index contributed by atoms with van der Waals surface area (Å²) in [5, 5.41) is 12.1. The highest BCUT2D eigenvalue weighted by molar-refractivity contribution is 5.79. The molecule has 1 aliphatic rings. The maximum atomic E-state index is 11.9. The molecule has 5 heteroatoms. The minimum Gasteiger partial charge on any atom is -0.481 e. The first-order chi connectivity index (χ1) is 8.93. The molecule has 1 aliphatic heterocycles. The van der Waals surface area contributed by atoms with Gasteiger partial charge in [-0.25, -0.2) is 0 Å².